The molecule has 3 rings (SSSR count). The van der Waals surface area contributed by atoms with E-state index in [0.29, 0.717) is 15.6 Å². The molecular formula is C13H10N2OS. The molecule has 0 spiro atoms. The molecule has 0 aliphatic carbocycles. The van der Waals surface area contributed by atoms with Crippen LogP contribution in [0.3, 0.4) is 0 Å². The summed E-state index contributed by atoms with van der Waals surface area (Å²) in [5.74, 6) is 0. The van der Waals surface area contributed by atoms with Gasteiger partial charge in [0.05, 0.1) is 5.39 Å². The molecule has 0 radical (unpaired) electrons. The fourth-order valence-corrected chi connectivity index (χ4v) is 2.43. The Balaban J connectivity index is 2.75. The zero-order valence-electron chi connectivity index (χ0n) is 9.20. The number of para-hydroxylation sites is 1. The average Bonchev–Trinajstić information content (AvgIpc) is 2.28. The molecule has 2 N–H and O–H groups in total. The SMILES string of the molecule is Cc1cc2c(c(=S)[nH]1)c(=N)oc1ccccc12. The van der Waals surface area contributed by atoms with Crippen LogP contribution in [0.5, 0.6) is 0 Å². The number of rotatable bonds is 0. The number of aryl methyl sites for hydroxylation is 1. The van der Waals surface area contributed by atoms with E-state index in [-0.39, 0.29) is 5.55 Å². The Bertz CT molecular complexity index is 845. The van der Waals surface area contributed by atoms with E-state index in [1.54, 1.807) is 0 Å². The van der Waals surface area contributed by atoms with Gasteiger partial charge in [0, 0.05) is 16.5 Å². The minimum atomic E-state index is 0.111. The van der Waals surface area contributed by atoms with Gasteiger partial charge in [-0.25, -0.2) is 0 Å². The highest BCUT2D eigenvalue weighted by Gasteiger charge is 2.06. The normalized spacial score (nSPS) is 11.1. The number of benzene rings is 1. The molecule has 0 atom stereocenters. The minimum Gasteiger partial charge on any atom is -0.438 e. The maximum atomic E-state index is 7.90. The summed E-state index contributed by atoms with van der Waals surface area (Å²) < 4.78 is 6.03. The Morgan fingerprint density at radius 3 is 2.82 bits per heavy atom. The highest BCUT2D eigenvalue weighted by molar-refractivity contribution is 7.71. The van der Waals surface area contributed by atoms with Crippen molar-refractivity contribution < 1.29 is 4.42 Å². The third kappa shape index (κ3) is 1.49. The lowest BCUT2D eigenvalue weighted by Crippen LogP contribution is -2.02. The van der Waals surface area contributed by atoms with Gasteiger partial charge in [0.15, 0.2) is 0 Å². The van der Waals surface area contributed by atoms with E-state index in [4.69, 9.17) is 22.0 Å². The van der Waals surface area contributed by atoms with E-state index < -0.39 is 0 Å². The summed E-state index contributed by atoms with van der Waals surface area (Å²) in [6.07, 6.45) is 0. The Kier molecular flexibility index (Phi) is 2.12. The number of aromatic nitrogens is 1. The minimum absolute atomic E-state index is 0.111. The second kappa shape index (κ2) is 3.53. The molecule has 4 heteroatoms. The van der Waals surface area contributed by atoms with Crippen LogP contribution in [0.1, 0.15) is 5.69 Å². The maximum Gasteiger partial charge on any atom is 0.222 e. The van der Waals surface area contributed by atoms with Gasteiger partial charge in [-0.1, -0.05) is 30.4 Å². The lowest BCUT2D eigenvalue weighted by atomic mass is 10.1. The molecule has 0 aliphatic rings. The van der Waals surface area contributed by atoms with Crippen molar-refractivity contribution in [3.05, 3.63) is 46.2 Å². The Morgan fingerprint density at radius 1 is 1.24 bits per heavy atom. The lowest BCUT2D eigenvalue weighted by molar-refractivity contribution is 0.542. The first-order valence-electron chi connectivity index (χ1n) is 5.27. The summed E-state index contributed by atoms with van der Waals surface area (Å²) in [7, 11) is 0. The molecule has 0 amide bonds. The van der Waals surface area contributed by atoms with Crippen LogP contribution in [0.15, 0.2) is 34.7 Å². The predicted molar refractivity (Wildman–Crippen MR) is 69.5 cm³/mol. The topological polar surface area (TPSA) is 52.8 Å². The van der Waals surface area contributed by atoms with E-state index in [9.17, 15) is 0 Å². The van der Waals surface area contributed by atoms with Gasteiger partial charge in [0.2, 0.25) is 5.55 Å². The fraction of sp³-hybridized carbons (Fsp3) is 0.0769. The summed E-state index contributed by atoms with van der Waals surface area (Å²) in [5, 5.41) is 10.5. The zero-order chi connectivity index (χ0) is 12.0. The number of aromatic amines is 1. The predicted octanol–water partition coefficient (Wildman–Crippen LogP) is 3.43. The largest absolute Gasteiger partial charge is 0.438 e. The molecule has 0 fully saturated rings. The Morgan fingerprint density at radius 2 is 2.00 bits per heavy atom. The van der Waals surface area contributed by atoms with Crippen LogP contribution in [0.25, 0.3) is 21.7 Å². The van der Waals surface area contributed by atoms with Crippen molar-refractivity contribution in [2.45, 2.75) is 6.92 Å². The van der Waals surface area contributed by atoms with Gasteiger partial charge in [0.25, 0.3) is 0 Å². The highest BCUT2D eigenvalue weighted by Crippen LogP contribution is 2.23. The first-order valence-corrected chi connectivity index (χ1v) is 5.68. The third-order valence-corrected chi connectivity index (χ3v) is 3.09. The van der Waals surface area contributed by atoms with Crippen LogP contribution >= 0.6 is 12.2 Å². The molecule has 0 bridgehead atoms. The molecule has 2 aromatic heterocycles. The van der Waals surface area contributed by atoms with E-state index in [1.165, 1.54) is 0 Å². The van der Waals surface area contributed by atoms with E-state index in [1.807, 2.05) is 37.3 Å². The molecule has 84 valence electrons. The monoisotopic (exact) mass is 242 g/mol. The van der Waals surface area contributed by atoms with Crippen LogP contribution in [-0.2, 0) is 0 Å². The first kappa shape index (κ1) is 10.2. The smallest absolute Gasteiger partial charge is 0.222 e. The molecule has 2 heterocycles. The molecular weight excluding hydrogens is 232 g/mol. The second-order valence-corrected chi connectivity index (χ2v) is 4.41. The first-order chi connectivity index (χ1) is 8.16. The second-order valence-electron chi connectivity index (χ2n) is 4.00. The number of H-pyrrole nitrogens is 1. The van der Waals surface area contributed by atoms with Crippen molar-refractivity contribution in [3.63, 3.8) is 0 Å². The molecule has 3 aromatic rings. The summed E-state index contributed by atoms with van der Waals surface area (Å²) in [5.41, 5.74) is 1.81. The summed E-state index contributed by atoms with van der Waals surface area (Å²) in [6, 6.07) is 9.70. The number of hydrogen-bond acceptors (Lipinski definition) is 3. The molecule has 3 nitrogen and oxygen atoms in total. The Hall–Kier alpha value is -1.94. The Labute approximate surface area is 102 Å². The molecule has 17 heavy (non-hydrogen) atoms. The van der Waals surface area contributed by atoms with Crippen LogP contribution in [0.2, 0.25) is 0 Å². The molecule has 0 unspecified atom stereocenters. The van der Waals surface area contributed by atoms with Gasteiger partial charge < -0.3 is 9.40 Å². The number of pyridine rings is 1. The maximum absolute atomic E-state index is 7.90. The van der Waals surface area contributed by atoms with Crippen LogP contribution in [0, 0.1) is 17.0 Å². The summed E-state index contributed by atoms with van der Waals surface area (Å²) >= 11 is 5.26. The van der Waals surface area contributed by atoms with Crippen molar-refractivity contribution in [2.75, 3.05) is 0 Å². The number of nitrogens with one attached hydrogen (secondary N) is 2. The van der Waals surface area contributed by atoms with Gasteiger partial charge >= 0.3 is 0 Å². The van der Waals surface area contributed by atoms with Crippen molar-refractivity contribution in [3.8, 4) is 0 Å². The molecule has 0 saturated carbocycles. The lowest BCUT2D eigenvalue weighted by Gasteiger charge is -2.04. The van der Waals surface area contributed by atoms with Crippen LogP contribution in [-0.4, -0.2) is 4.98 Å². The van der Waals surface area contributed by atoms with E-state index in [0.717, 1.165) is 16.5 Å². The molecule has 1 aromatic carbocycles. The van der Waals surface area contributed by atoms with Gasteiger partial charge in [-0.15, -0.1) is 0 Å². The van der Waals surface area contributed by atoms with Crippen molar-refractivity contribution in [2.24, 2.45) is 0 Å². The molecule has 0 aliphatic heterocycles. The molecule has 0 saturated heterocycles. The van der Waals surface area contributed by atoms with Crippen molar-refractivity contribution >= 4 is 34.0 Å². The van der Waals surface area contributed by atoms with Crippen molar-refractivity contribution in [1.29, 1.82) is 5.41 Å². The van der Waals surface area contributed by atoms with Crippen LogP contribution in [0.4, 0.5) is 0 Å². The zero-order valence-corrected chi connectivity index (χ0v) is 10.0. The standard InChI is InChI=1S/C13H10N2OS/c1-7-6-9-8-4-2-3-5-10(8)16-12(14)11(9)13(17)15-7/h2-6,14H,1H3,(H,15,17). The van der Waals surface area contributed by atoms with Crippen LogP contribution < -0.4 is 5.55 Å². The summed E-state index contributed by atoms with van der Waals surface area (Å²) in [6.45, 7) is 1.96. The van der Waals surface area contributed by atoms with Gasteiger partial charge in [-0.05, 0) is 19.1 Å². The van der Waals surface area contributed by atoms with Crippen molar-refractivity contribution in [1.82, 2.24) is 4.98 Å². The average molecular weight is 242 g/mol. The highest BCUT2D eigenvalue weighted by atomic mass is 32.1. The quantitative estimate of drug-likeness (QED) is 0.468. The van der Waals surface area contributed by atoms with E-state index in [2.05, 4.69) is 4.98 Å². The number of hydrogen-bond donors (Lipinski definition) is 2. The number of fused-ring (bicyclic) bond motifs is 3. The summed E-state index contributed by atoms with van der Waals surface area (Å²) in [4.78, 5) is 3.05. The van der Waals surface area contributed by atoms with Gasteiger partial charge in [-0.3, -0.25) is 5.41 Å². The third-order valence-electron chi connectivity index (χ3n) is 2.78. The van der Waals surface area contributed by atoms with E-state index >= 15 is 0 Å². The van der Waals surface area contributed by atoms with Gasteiger partial charge in [0.1, 0.15) is 10.2 Å². The van der Waals surface area contributed by atoms with Gasteiger partial charge in [-0.2, -0.15) is 0 Å². The fourth-order valence-electron chi connectivity index (χ4n) is 2.07.